The SMILES string of the molecule is c1ccc(Nc2nc(C3CCCN3c3ccncn3)cs2)nc1. The molecule has 116 valence electrons. The number of hydrogen-bond acceptors (Lipinski definition) is 7. The molecule has 0 spiro atoms. The Labute approximate surface area is 138 Å². The number of pyridine rings is 1. The molecular formula is C16H16N6S. The third kappa shape index (κ3) is 3.00. The minimum atomic E-state index is 0.278. The van der Waals surface area contributed by atoms with Crippen molar-refractivity contribution >= 4 is 28.1 Å². The molecule has 0 aliphatic carbocycles. The molecule has 1 unspecified atom stereocenters. The largest absolute Gasteiger partial charge is 0.348 e. The Bertz CT molecular complexity index is 761. The van der Waals surface area contributed by atoms with Gasteiger partial charge in [0.15, 0.2) is 5.13 Å². The fourth-order valence-corrected chi connectivity index (χ4v) is 3.61. The first-order valence-electron chi connectivity index (χ1n) is 7.56. The van der Waals surface area contributed by atoms with Crippen LogP contribution in [0.1, 0.15) is 24.6 Å². The number of aromatic nitrogens is 4. The highest BCUT2D eigenvalue weighted by Crippen LogP contribution is 2.36. The van der Waals surface area contributed by atoms with Gasteiger partial charge in [0, 0.05) is 24.3 Å². The van der Waals surface area contributed by atoms with Crippen LogP contribution in [0.15, 0.2) is 48.4 Å². The molecule has 3 aromatic rings. The van der Waals surface area contributed by atoms with Gasteiger partial charge in [-0.1, -0.05) is 6.07 Å². The van der Waals surface area contributed by atoms with Crippen molar-refractivity contribution < 1.29 is 0 Å². The molecule has 1 aliphatic rings. The van der Waals surface area contributed by atoms with Crippen LogP contribution in [0.2, 0.25) is 0 Å². The van der Waals surface area contributed by atoms with Crippen molar-refractivity contribution in [3.8, 4) is 0 Å². The van der Waals surface area contributed by atoms with Gasteiger partial charge in [-0.15, -0.1) is 11.3 Å². The Morgan fingerprint density at radius 3 is 3.00 bits per heavy atom. The molecule has 1 saturated heterocycles. The summed E-state index contributed by atoms with van der Waals surface area (Å²) >= 11 is 1.61. The van der Waals surface area contributed by atoms with Gasteiger partial charge in [-0.05, 0) is 31.0 Å². The highest BCUT2D eigenvalue weighted by molar-refractivity contribution is 7.13. The second-order valence-corrected chi connectivity index (χ2v) is 6.19. The maximum Gasteiger partial charge on any atom is 0.188 e. The molecule has 1 atom stereocenters. The van der Waals surface area contributed by atoms with Gasteiger partial charge in [-0.2, -0.15) is 0 Å². The summed E-state index contributed by atoms with van der Waals surface area (Å²) in [5.41, 5.74) is 1.09. The zero-order valence-corrected chi connectivity index (χ0v) is 13.3. The average Bonchev–Trinajstić information content (AvgIpc) is 3.25. The number of hydrogen-bond donors (Lipinski definition) is 1. The lowest BCUT2D eigenvalue weighted by Crippen LogP contribution is -2.23. The number of nitrogens with one attached hydrogen (secondary N) is 1. The quantitative estimate of drug-likeness (QED) is 0.793. The molecule has 1 aliphatic heterocycles. The van der Waals surface area contributed by atoms with Crippen LogP contribution in [0.4, 0.5) is 16.8 Å². The molecule has 0 bridgehead atoms. The van der Waals surface area contributed by atoms with E-state index in [2.05, 4.69) is 30.5 Å². The zero-order chi connectivity index (χ0) is 15.5. The summed E-state index contributed by atoms with van der Waals surface area (Å²) in [5, 5.41) is 6.24. The second kappa shape index (κ2) is 6.29. The molecule has 1 fully saturated rings. The first-order valence-corrected chi connectivity index (χ1v) is 8.44. The molecule has 0 amide bonds. The minimum absolute atomic E-state index is 0.278. The van der Waals surface area contributed by atoms with Crippen LogP contribution in [0, 0.1) is 0 Å². The van der Waals surface area contributed by atoms with E-state index in [1.54, 1.807) is 30.1 Å². The highest BCUT2D eigenvalue weighted by Gasteiger charge is 2.29. The Balaban J connectivity index is 1.54. The summed E-state index contributed by atoms with van der Waals surface area (Å²) in [6, 6.07) is 8.02. The number of thiazole rings is 1. The molecule has 0 saturated carbocycles. The predicted molar refractivity (Wildman–Crippen MR) is 91.0 cm³/mol. The summed E-state index contributed by atoms with van der Waals surface area (Å²) in [6.07, 6.45) is 7.39. The molecule has 1 N–H and O–H groups in total. The van der Waals surface area contributed by atoms with Crippen molar-refractivity contribution in [1.82, 2.24) is 19.9 Å². The Morgan fingerprint density at radius 2 is 2.17 bits per heavy atom. The summed E-state index contributed by atoms with van der Waals surface area (Å²) in [7, 11) is 0. The van der Waals surface area contributed by atoms with Crippen molar-refractivity contribution in [3.63, 3.8) is 0 Å². The van der Waals surface area contributed by atoms with E-state index in [0.717, 1.165) is 41.8 Å². The Kier molecular flexibility index (Phi) is 3.85. The Hall–Kier alpha value is -2.54. The maximum atomic E-state index is 4.75. The topological polar surface area (TPSA) is 66.8 Å². The molecule has 4 heterocycles. The van der Waals surface area contributed by atoms with E-state index >= 15 is 0 Å². The summed E-state index contributed by atoms with van der Waals surface area (Å²) in [4.78, 5) is 19.7. The van der Waals surface area contributed by atoms with Gasteiger partial charge in [0.05, 0.1) is 11.7 Å². The van der Waals surface area contributed by atoms with Gasteiger partial charge in [0.2, 0.25) is 0 Å². The van der Waals surface area contributed by atoms with Gasteiger partial charge in [-0.25, -0.2) is 19.9 Å². The van der Waals surface area contributed by atoms with Gasteiger partial charge in [-0.3, -0.25) is 0 Å². The van der Waals surface area contributed by atoms with Crippen LogP contribution in [-0.4, -0.2) is 26.5 Å². The smallest absolute Gasteiger partial charge is 0.188 e. The molecule has 3 aromatic heterocycles. The van der Waals surface area contributed by atoms with E-state index in [1.165, 1.54) is 0 Å². The van der Waals surface area contributed by atoms with Crippen LogP contribution < -0.4 is 10.2 Å². The molecular weight excluding hydrogens is 308 g/mol. The summed E-state index contributed by atoms with van der Waals surface area (Å²) in [5.74, 6) is 1.78. The van der Waals surface area contributed by atoms with Crippen molar-refractivity contribution in [1.29, 1.82) is 0 Å². The van der Waals surface area contributed by atoms with Crippen LogP contribution in [-0.2, 0) is 0 Å². The number of rotatable bonds is 4. The van der Waals surface area contributed by atoms with Crippen LogP contribution >= 0.6 is 11.3 Å². The molecule has 0 radical (unpaired) electrons. The summed E-state index contributed by atoms with van der Waals surface area (Å²) < 4.78 is 0. The fraction of sp³-hybridized carbons (Fsp3) is 0.250. The van der Waals surface area contributed by atoms with Crippen LogP contribution in [0.5, 0.6) is 0 Å². The lowest BCUT2D eigenvalue weighted by atomic mass is 10.2. The number of anilines is 3. The van der Waals surface area contributed by atoms with Crippen molar-refractivity contribution in [2.45, 2.75) is 18.9 Å². The average molecular weight is 324 g/mol. The van der Waals surface area contributed by atoms with E-state index in [4.69, 9.17) is 4.98 Å². The third-order valence-corrected chi connectivity index (χ3v) is 4.65. The van der Waals surface area contributed by atoms with Gasteiger partial charge in [0.25, 0.3) is 0 Å². The van der Waals surface area contributed by atoms with Crippen molar-refractivity contribution in [3.05, 3.63) is 54.1 Å². The lowest BCUT2D eigenvalue weighted by Gasteiger charge is -2.24. The van der Waals surface area contributed by atoms with Gasteiger partial charge < -0.3 is 10.2 Å². The van der Waals surface area contributed by atoms with E-state index < -0.39 is 0 Å². The lowest BCUT2D eigenvalue weighted by molar-refractivity contribution is 0.692. The maximum absolute atomic E-state index is 4.75. The summed E-state index contributed by atoms with van der Waals surface area (Å²) in [6.45, 7) is 1.00. The Morgan fingerprint density at radius 1 is 1.17 bits per heavy atom. The molecule has 23 heavy (non-hydrogen) atoms. The first-order chi connectivity index (χ1) is 11.4. The van der Waals surface area contributed by atoms with E-state index in [9.17, 15) is 0 Å². The van der Waals surface area contributed by atoms with Crippen LogP contribution in [0.3, 0.4) is 0 Å². The predicted octanol–water partition coefficient (Wildman–Crippen LogP) is 3.41. The van der Waals surface area contributed by atoms with Gasteiger partial charge >= 0.3 is 0 Å². The standard InChI is InChI=1S/C16H16N6S/c1-2-7-18-14(5-1)21-16-20-12(10-23-16)13-4-3-9-22(13)15-6-8-17-11-19-15/h1-2,5-8,10-11,13H,3-4,9H2,(H,18,20,21). The number of nitrogens with zero attached hydrogens (tertiary/aromatic N) is 5. The third-order valence-electron chi connectivity index (χ3n) is 3.88. The molecule has 0 aromatic carbocycles. The molecule has 4 rings (SSSR count). The monoisotopic (exact) mass is 324 g/mol. The van der Waals surface area contributed by atoms with Gasteiger partial charge in [0.1, 0.15) is 18.0 Å². The zero-order valence-electron chi connectivity index (χ0n) is 12.5. The fourth-order valence-electron chi connectivity index (χ4n) is 2.84. The normalized spacial score (nSPS) is 17.4. The van der Waals surface area contributed by atoms with E-state index in [0.29, 0.717) is 0 Å². The van der Waals surface area contributed by atoms with Crippen LogP contribution in [0.25, 0.3) is 0 Å². The first kappa shape index (κ1) is 14.1. The molecule has 6 nitrogen and oxygen atoms in total. The van der Waals surface area contributed by atoms with E-state index in [-0.39, 0.29) is 6.04 Å². The highest BCUT2D eigenvalue weighted by atomic mass is 32.1. The molecule has 7 heteroatoms. The van der Waals surface area contributed by atoms with E-state index in [1.807, 2.05) is 24.3 Å². The van der Waals surface area contributed by atoms with Crippen molar-refractivity contribution in [2.75, 3.05) is 16.8 Å². The van der Waals surface area contributed by atoms with Crippen molar-refractivity contribution in [2.24, 2.45) is 0 Å². The minimum Gasteiger partial charge on any atom is -0.348 e. The second-order valence-electron chi connectivity index (χ2n) is 5.34.